The van der Waals surface area contributed by atoms with Crippen molar-refractivity contribution >= 4 is 23.2 Å². The van der Waals surface area contributed by atoms with Crippen LogP contribution in [0.5, 0.6) is 0 Å². The number of hydrogen-bond acceptors (Lipinski definition) is 5. The van der Waals surface area contributed by atoms with Gasteiger partial charge in [0, 0.05) is 63.3 Å². The average Bonchev–Trinajstić information content (AvgIpc) is 3.33. The Bertz CT molecular complexity index is 757. The molecule has 4 rings (SSSR count). The molecule has 2 aliphatic rings. The van der Waals surface area contributed by atoms with E-state index in [1.807, 2.05) is 33.4 Å². The summed E-state index contributed by atoms with van der Waals surface area (Å²) in [5.41, 5.74) is 1.17. The Hall–Kier alpha value is -2.25. The summed E-state index contributed by atoms with van der Waals surface area (Å²) >= 11 is 1.38. The summed E-state index contributed by atoms with van der Waals surface area (Å²) in [6.45, 7) is 4.47. The number of carbonyl (C=O) groups is 2. The van der Waals surface area contributed by atoms with E-state index in [1.54, 1.807) is 6.20 Å². The molecular formula is C19H22N4O2S. The van der Waals surface area contributed by atoms with Gasteiger partial charge in [-0.2, -0.15) is 0 Å². The highest BCUT2D eigenvalue weighted by molar-refractivity contribution is 7.11. The molecule has 2 amide bonds. The molecule has 1 aromatic carbocycles. The van der Waals surface area contributed by atoms with Gasteiger partial charge < -0.3 is 9.80 Å². The Morgan fingerprint density at radius 1 is 1.15 bits per heavy atom. The molecule has 0 spiro atoms. The van der Waals surface area contributed by atoms with Gasteiger partial charge in [-0.1, -0.05) is 30.3 Å². The minimum Gasteiger partial charge on any atom is -0.337 e. The maximum atomic E-state index is 12.4. The Morgan fingerprint density at radius 2 is 1.92 bits per heavy atom. The first-order valence-electron chi connectivity index (χ1n) is 8.95. The first kappa shape index (κ1) is 17.2. The average molecular weight is 370 g/mol. The summed E-state index contributed by atoms with van der Waals surface area (Å²) in [4.78, 5) is 35.1. The quantitative estimate of drug-likeness (QED) is 0.822. The Balaban J connectivity index is 1.31. The van der Waals surface area contributed by atoms with Crippen molar-refractivity contribution in [3.05, 3.63) is 52.5 Å². The summed E-state index contributed by atoms with van der Waals surface area (Å²) in [6, 6.07) is 10.4. The molecule has 0 N–H and O–H groups in total. The molecule has 2 aromatic rings. The fraction of sp³-hybridized carbons (Fsp3) is 0.421. The van der Waals surface area contributed by atoms with Crippen molar-refractivity contribution in [1.82, 2.24) is 19.7 Å². The van der Waals surface area contributed by atoms with E-state index in [4.69, 9.17) is 0 Å². The van der Waals surface area contributed by atoms with Crippen LogP contribution in [0.4, 0.5) is 0 Å². The maximum absolute atomic E-state index is 12.4. The summed E-state index contributed by atoms with van der Waals surface area (Å²) < 4.78 is 0. The molecule has 26 heavy (non-hydrogen) atoms. The molecule has 3 heterocycles. The predicted octanol–water partition coefficient (Wildman–Crippen LogP) is 1.70. The van der Waals surface area contributed by atoms with Crippen molar-refractivity contribution in [3.8, 4) is 0 Å². The van der Waals surface area contributed by atoms with E-state index in [9.17, 15) is 9.59 Å². The molecule has 2 aliphatic heterocycles. The number of benzene rings is 1. The maximum Gasteiger partial charge on any atom is 0.282 e. The van der Waals surface area contributed by atoms with E-state index in [1.165, 1.54) is 16.9 Å². The van der Waals surface area contributed by atoms with Crippen molar-refractivity contribution in [3.63, 3.8) is 0 Å². The Morgan fingerprint density at radius 3 is 2.62 bits per heavy atom. The number of hydrogen-bond donors (Lipinski definition) is 0. The van der Waals surface area contributed by atoms with Gasteiger partial charge in [-0.25, -0.2) is 4.98 Å². The molecule has 7 heteroatoms. The SMILES string of the molecule is O=C1C[C@H](N2CCN(C(=O)c3nccs3)CC2)CN1Cc1ccccc1. The van der Waals surface area contributed by atoms with Crippen LogP contribution in [0, 0.1) is 0 Å². The molecule has 0 bridgehead atoms. The third-order valence-corrected chi connectivity index (χ3v) is 5.90. The van der Waals surface area contributed by atoms with Gasteiger partial charge in [-0.3, -0.25) is 14.5 Å². The van der Waals surface area contributed by atoms with Crippen molar-refractivity contribution < 1.29 is 9.59 Å². The van der Waals surface area contributed by atoms with Crippen LogP contribution >= 0.6 is 11.3 Å². The zero-order valence-electron chi connectivity index (χ0n) is 14.6. The molecule has 0 saturated carbocycles. The van der Waals surface area contributed by atoms with Gasteiger partial charge in [0.05, 0.1) is 0 Å². The lowest BCUT2D eigenvalue weighted by Crippen LogP contribution is -2.52. The molecule has 0 aliphatic carbocycles. The zero-order chi connectivity index (χ0) is 17.9. The standard InChI is InChI=1S/C19H22N4O2S/c24-17-12-16(14-23(17)13-15-4-2-1-3-5-15)21-7-9-22(10-8-21)19(25)18-20-6-11-26-18/h1-6,11,16H,7-10,12-14H2/t16-/m0/s1. The molecular weight excluding hydrogens is 348 g/mol. The number of amides is 2. The largest absolute Gasteiger partial charge is 0.337 e. The van der Waals surface area contributed by atoms with Gasteiger partial charge in [0.2, 0.25) is 5.91 Å². The first-order chi connectivity index (χ1) is 12.7. The van der Waals surface area contributed by atoms with E-state index >= 15 is 0 Å². The number of nitrogens with zero attached hydrogens (tertiary/aromatic N) is 4. The molecule has 1 atom stereocenters. The number of rotatable bonds is 4. The van der Waals surface area contributed by atoms with Crippen LogP contribution in [0.3, 0.4) is 0 Å². The molecule has 0 radical (unpaired) electrons. The Labute approximate surface area is 157 Å². The van der Waals surface area contributed by atoms with Crippen LogP contribution in [0.2, 0.25) is 0 Å². The second-order valence-electron chi connectivity index (χ2n) is 6.78. The van der Waals surface area contributed by atoms with Gasteiger partial charge in [-0.15, -0.1) is 11.3 Å². The highest BCUT2D eigenvalue weighted by atomic mass is 32.1. The summed E-state index contributed by atoms with van der Waals surface area (Å²) in [6.07, 6.45) is 2.24. The topological polar surface area (TPSA) is 56.8 Å². The lowest BCUT2D eigenvalue weighted by molar-refractivity contribution is -0.128. The predicted molar refractivity (Wildman–Crippen MR) is 99.9 cm³/mol. The second kappa shape index (κ2) is 7.55. The second-order valence-corrected chi connectivity index (χ2v) is 7.68. The molecule has 6 nitrogen and oxygen atoms in total. The minimum atomic E-state index is 0.0212. The van der Waals surface area contributed by atoms with Gasteiger partial charge >= 0.3 is 0 Å². The first-order valence-corrected chi connectivity index (χ1v) is 9.83. The molecule has 1 aromatic heterocycles. The number of piperazine rings is 1. The van der Waals surface area contributed by atoms with Crippen LogP contribution < -0.4 is 0 Å². The van der Waals surface area contributed by atoms with Crippen LogP contribution in [-0.2, 0) is 11.3 Å². The van der Waals surface area contributed by atoms with Crippen molar-refractivity contribution in [2.45, 2.75) is 19.0 Å². The molecule has 2 fully saturated rings. The molecule has 136 valence electrons. The fourth-order valence-electron chi connectivity index (χ4n) is 3.71. The lowest BCUT2D eigenvalue weighted by Gasteiger charge is -2.37. The van der Waals surface area contributed by atoms with E-state index in [-0.39, 0.29) is 17.9 Å². The number of aromatic nitrogens is 1. The van der Waals surface area contributed by atoms with Crippen LogP contribution in [-0.4, -0.2) is 70.3 Å². The highest BCUT2D eigenvalue weighted by Gasteiger charge is 2.35. The van der Waals surface area contributed by atoms with Crippen molar-refractivity contribution in [2.24, 2.45) is 0 Å². The van der Waals surface area contributed by atoms with E-state index in [0.717, 1.165) is 19.6 Å². The normalized spacial score (nSPS) is 21.4. The third-order valence-electron chi connectivity index (χ3n) is 5.14. The van der Waals surface area contributed by atoms with Crippen molar-refractivity contribution in [1.29, 1.82) is 0 Å². The van der Waals surface area contributed by atoms with E-state index in [2.05, 4.69) is 22.0 Å². The van der Waals surface area contributed by atoms with E-state index in [0.29, 0.717) is 31.1 Å². The summed E-state index contributed by atoms with van der Waals surface area (Å²) in [5, 5.41) is 2.39. The zero-order valence-corrected chi connectivity index (χ0v) is 15.4. The van der Waals surface area contributed by atoms with Crippen molar-refractivity contribution in [2.75, 3.05) is 32.7 Å². The fourth-order valence-corrected chi connectivity index (χ4v) is 4.31. The highest BCUT2D eigenvalue weighted by Crippen LogP contribution is 2.21. The molecule has 2 saturated heterocycles. The minimum absolute atomic E-state index is 0.0212. The van der Waals surface area contributed by atoms with Gasteiger partial charge in [0.25, 0.3) is 5.91 Å². The van der Waals surface area contributed by atoms with Crippen LogP contribution in [0.25, 0.3) is 0 Å². The van der Waals surface area contributed by atoms with E-state index < -0.39 is 0 Å². The smallest absolute Gasteiger partial charge is 0.282 e. The molecule has 0 unspecified atom stereocenters. The Kier molecular flexibility index (Phi) is 4.99. The lowest BCUT2D eigenvalue weighted by atomic mass is 10.2. The van der Waals surface area contributed by atoms with Crippen LogP contribution in [0.1, 0.15) is 21.8 Å². The van der Waals surface area contributed by atoms with Crippen LogP contribution in [0.15, 0.2) is 41.9 Å². The summed E-state index contributed by atoms with van der Waals surface area (Å²) in [7, 11) is 0. The van der Waals surface area contributed by atoms with Gasteiger partial charge in [0.1, 0.15) is 0 Å². The number of carbonyl (C=O) groups excluding carboxylic acids is 2. The third kappa shape index (κ3) is 3.64. The number of thiazole rings is 1. The number of likely N-dealkylation sites (tertiary alicyclic amines) is 1. The summed E-state index contributed by atoms with van der Waals surface area (Å²) in [5.74, 6) is 0.244. The monoisotopic (exact) mass is 370 g/mol. The van der Waals surface area contributed by atoms with Gasteiger partial charge in [-0.05, 0) is 5.56 Å². The van der Waals surface area contributed by atoms with Gasteiger partial charge in [0.15, 0.2) is 5.01 Å².